The Morgan fingerprint density at radius 3 is 1.57 bits per heavy atom. The molecule has 14 nitrogen and oxygen atoms in total. The third-order valence-electron chi connectivity index (χ3n) is 6.74. The monoisotopic (exact) mass is 706 g/mol. The van der Waals surface area contributed by atoms with Gasteiger partial charge < -0.3 is 40.7 Å². The van der Waals surface area contributed by atoms with Gasteiger partial charge in [0.15, 0.2) is 0 Å². The van der Waals surface area contributed by atoms with Gasteiger partial charge in [0.1, 0.15) is 12.1 Å². The van der Waals surface area contributed by atoms with Crippen molar-refractivity contribution in [3.8, 4) is 0 Å². The van der Waals surface area contributed by atoms with Crippen LogP contribution in [0.3, 0.4) is 0 Å². The molecule has 2 atom stereocenters. The van der Waals surface area contributed by atoms with E-state index in [2.05, 4.69) is 16.1 Å². The first-order chi connectivity index (χ1) is 21.7. The molecule has 0 heterocycles. The summed E-state index contributed by atoms with van der Waals surface area (Å²) in [7, 11) is -11.7. The number of halogens is 4. The highest BCUT2D eigenvalue weighted by Gasteiger charge is 2.51. The summed E-state index contributed by atoms with van der Waals surface area (Å²) in [4.78, 5) is 74.2. The van der Waals surface area contributed by atoms with Gasteiger partial charge in [0.25, 0.3) is 5.91 Å². The van der Waals surface area contributed by atoms with Crippen LogP contribution in [0.4, 0.5) is 23.2 Å². The summed E-state index contributed by atoms with van der Waals surface area (Å²) in [5, 5.41) is 14.4. The van der Waals surface area contributed by atoms with Gasteiger partial charge in [-0.1, -0.05) is 54.6 Å². The van der Waals surface area contributed by atoms with Crippen LogP contribution in [0.1, 0.15) is 32.6 Å². The number of alkyl halides is 4. The fraction of sp³-hybridized carbons (Fsp3) is 0.222. The highest BCUT2D eigenvalue weighted by molar-refractivity contribution is 7.52. The topological polar surface area (TPSA) is 249 Å². The fourth-order valence-electron chi connectivity index (χ4n) is 4.16. The van der Waals surface area contributed by atoms with Crippen LogP contribution in [0, 0.1) is 0 Å². The molecule has 2 amide bonds. The molecule has 0 aliphatic rings. The lowest BCUT2D eigenvalue weighted by atomic mass is 10.0. The van der Waals surface area contributed by atoms with E-state index in [-0.39, 0.29) is 16.7 Å². The number of carboxylic acids is 1. The van der Waals surface area contributed by atoms with Gasteiger partial charge in [-0.05, 0) is 29.3 Å². The van der Waals surface area contributed by atoms with Crippen LogP contribution in [-0.2, 0) is 42.9 Å². The van der Waals surface area contributed by atoms with Crippen molar-refractivity contribution in [1.29, 1.82) is 0 Å². The maximum Gasteiger partial charge on any atom is 0.399 e. The van der Waals surface area contributed by atoms with E-state index in [0.717, 1.165) is 24.3 Å². The summed E-state index contributed by atoms with van der Waals surface area (Å²) < 4.78 is 78.6. The summed E-state index contributed by atoms with van der Waals surface area (Å²) in [6.07, 6.45) is -0.924. The molecule has 0 saturated heterocycles. The highest BCUT2D eigenvalue weighted by Crippen LogP contribution is 2.60. The van der Waals surface area contributed by atoms with Crippen molar-refractivity contribution in [3.05, 3.63) is 101 Å². The van der Waals surface area contributed by atoms with Gasteiger partial charge in [-0.2, -0.15) is 17.6 Å². The number of aliphatic carboxylic acids is 1. The van der Waals surface area contributed by atoms with Crippen LogP contribution in [0.5, 0.6) is 0 Å². The van der Waals surface area contributed by atoms with Crippen LogP contribution in [0.2, 0.25) is 0 Å². The average Bonchev–Trinajstić information content (AvgIpc) is 2.99. The number of nitrogen functional groups attached to an aromatic ring is 1. The van der Waals surface area contributed by atoms with Gasteiger partial charge in [-0.15, -0.1) is 0 Å². The Bertz CT molecular complexity index is 1720. The first-order valence-corrected chi connectivity index (χ1v) is 16.4. The Morgan fingerprint density at radius 2 is 1.17 bits per heavy atom. The maximum absolute atomic E-state index is 14.1. The number of hydrogen-bond donors (Lipinski definition) is 9. The largest absolute Gasteiger partial charge is 0.480 e. The molecular formula is C27H28F4N4O10P2. The van der Waals surface area contributed by atoms with Gasteiger partial charge in [-0.3, -0.25) is 24.6 Å². The molecule has 3 aromatic rings. The predicted octanol–water partition coefficient (Wildman–Crippen LogP) is 2.58. The van der Waals surface area contributed by atoms with Gasteiger partial charge in [0.2, 0.25) is 5.91 Å². The zero-order valence-electron chi connectivity index (χ0n) is 23.8. The quantitative estimate of drug-likeness (QED) is 0.0508. The predicted molar refractivity (Wildman–Crippen MR) is 157 cm³/mol. The van der Waals surface area contributed by atoms with Crippen molar-refractivity contribution in [2.24, 2.45) is 5.84 Å². The molecule has 2 unspecified atom stereocenters. The van der Waals surface area contributed by atoms with Crippen molar-refractivity contribution < 1.29 is 65.8 Å². The molecule has 10 N–H and O–H groups in total. The Hall–Kier alpha value is -4.15. The molecule has 0 aliphatic carbocycles. The number of rotatable bonds is 14. The van der Waals surface area contributed by atoms with E-state index in [1.54, 1.807) is 0 Å². The van der Waals surface area contributed by atoms with Gasteiger partial charge in [0, 0.05) is 35.2 Å². The number of benzene rings is 3. The van der Waals surface area contributed by atoms with Crippen LogP contribution in [-0.4, -0.2) is 54.5 Å². The summed E-state index contributed by atoms with van der Waals surface area (Å²) in [5.41, 5.74) is -8.26. The van der Waals surface area contributed by atoms with Crippen LogP contribution >= 0.6 is 15.2 Å². The van der Waals surface area contributed by atoms with Crippen molar-refractivity contribution in [2.75, 3.05) is 5.43 Å². The Kier molecular flexibility index (Phi) is 11.4. The van der Waals surface area contributed by atoms with Gasteiger partial charge in [0.05, 0.1) is 0 Å². The molecule has 20 heteroatoms. The fourth-order valence-corrected chi connectivity index (χ4v) is 5.13. The van der Waals surface area contributed by atoms with Crippen molar-refractivity contribution in [2.45, 2.75) is 36.3 Å². The minimum Gasteiger partial charge on any atom is -0.480 e. The number of anilines is 1. The minimum absolute atomic E-state index is 0.0110. The molecule has 0 aromatic heterocycles. The van der Waals surface area contributed by atoms with E-state index < -0.39 is 80.4 Å². The Labute approximate surface area is 263 Å². The average molecular weight is 706 g/mol. The Morgan fingerprint density at radius 1 is 0.723 bits per heavy atom. The third-order valence-corrected chi connectivity index (χ3v) is 8.72. The lowest BCUT2D eigenvalue weighted by Gasteiger charge is -2.23. The van der Waals surface area contributed by atoms with E-state index in [0.29, 0.717) is 30.0 Å². The van der Waals surface area contributed by atoms with E-state index in [1.807, 2.05) is 0 Å². The summed E-state index contributed by atoms with van der Waals surface area (Å²) in [5.74, 6) is 1.87. The summed E-state index contributed by atoms with van der Waals surface area (Å²) in [6, 6.07) is 9.18. The molecule has 254 valence electrons. The highest BCUT2D eigenvalue weighted by atomic mass is 31.2. The molecule has 0 radical (unpaired) electrons. The first kappa shape index (κ1) is 37.3. The van der Waals surface area contributed by atoms with Gasteiger partial charge >= 0.3 is 32.5 Å². The molecule has 0 bridgehead atoms. The molecule has 0 fully saturated rings. The minimum atomic E-state index is -5.88. The number of amides is 2. The van der Waals surface area contributed by atoms with E-state index in [1.165, 1.54) is 24.3 Å². The molecule has 3 rings (SSSR count). The Balaban J connectivity index is 1.88. The number of carbonyl (C=O) groups excluding carboxylic acids is 2. The lowest BCUT2D eigenvalue weighted by Crippen LogP contribution is -2.53. The third kappa shape index (κ3) is 9.02. The first-order valence-electron chi connectivity index (χ1n) is 13.1. The second kappa shape index (κ2) is 14.3. The maximum atomic E-state index is 14.1. The summed E-state index contributed by atoms with van der Waals surface area (Å²) in [6.45, 7) is 0. The molecule has 47 heavy (non-hydrogen) atoms. The lowest BCUT2D eigenvalue weighted by molar-refractivity contribution is -0.142. The van der Waals surface area contributed by atoms with Crippen LogP contribution < -0.4 is 21.9 Å². The molecule has 0 spiro atoms. The van der Waals surface area contributed by atoms with Crippen molar-refractivity contribution >= 4 is 38.7 Å². The second-order valence-corrected chi connectivity index (χ2v) is 13.4. The number of nitrogens with two attached hydrogens (primary N) is 1. The smallest absolute Gasteiger partial charge is 0.399 e. The van der Waals surface area contributed by atoms with Gasteiger partial charge in [-0.25, -0.2) is 4.79 Å². The molecular weight excluding hydrogens is 678 g/mol. The van der Waals surface area contributed by atoms with Crippen molar-refractivity contribution in [1.82, 2.24) is 10.6 Å². The van der Waals surface area contributed by atoms with Crippen LogP contribution in [0.25, 0.3) is 0 Å². The number of hydrogen-bond acceptors (Lipinski definition) is 7. The number of hydrazine groups is 1. The van der Waals surface area contributed by atoms with E-state index >= 15 is 0 Å². The number of carboxylic acid groups (broad SMARTS) is 1. The zero-order chi connectivity index (χ0) is 35.4. The number of nitrogens with one attached hydrogen (secondary N) is 3. The van der Waals surface area contributed by atoms with Crippen molar-refractivity contribution in [3.63, 3.8) is 0 Å². The summed E-state index contributed by atoms with van der Waals surface area (Å²) >= 11 is 0. The second-order valence-electron chi connectivity index (χ2n) is 10.1. The SMILES string of the molecule is NNc1cccc(C(=O)NC(Cc2ccc(C(F)(F)P(=O)(O)O)cc2)C(=O)NC(Cc2ccc(C(F)(F)P(=O)(O)O)cc2)C(=O)O)c1. The molecule has 0 aliphatic heterocycles. The van der Waals surface area contributed by atoms with E-state index in [9.17, 15) is 46.2 Å². The number of carbonyl (C=O) groups is 3. The van der Waals surface area contributed by atoms with E-state index in [4.69, 9.17) is 25.4 Å². The normalized spacial score (nSPS) is 13.7. The standard InChI is InChI=1S/C27H28F4N4O10P2/c28-26(29,46(40,41)42)18-8-4-15(5-9-18)12-21(33-23(36)17-2-1-3-20(14-17)35-32)24(37)34-22(25(38)39)13-16-6-10-19(11-7-16)27(30,31)47(43,44)45/h1-11,14,21-22,35H,12-13,32H2,(H,33,36)(H,34,37)(H,38,39)(H2,40,41,42)(H2,43,44,45). The zero-order valence-corrected chi connectivity index (χ0v) is 25.5. The molecule has 3 aromatic carbocycles. The van der Waals surface area contributed by atoms with Crippen LogP contribution in [0.15, 0.2) is 72.8 Å². The molecule has 0 saturated carbocycles.